The van der Waals surface area contributed by atoms with Gasteiger partial charge < -0.3 is 19.6 Å². The summed E-state index contributed by atoms with van der Waals surface area (Å²) in [6.45, 7) is 0. The highest BCUT2D eigenvalue weighted by molar-refractivity contribution is 8.26. The number of thiocarbonyl (C=S) groups is 1. The highest BCUT2D eigenvalue weighted by Crippen LogP contribution is 2.40. The number of phenolic OH excluding ortho intramolecular Hbond substituents is 1. The number of rotatable bonds is 3. The maximum Gasteiger partial charge on any atom is 0.263 e. The molecule has 0 spiro atoms. The molecule has 4 rings (SSSR count). The molecule has 2 N–H and O–H groups in total. The van der Waals surface area contributed by atoms with Crippen LogP contribution in [0.5, 0.6) is 11.5 Å². The first-order valence-corrected chi connectivity index (χ1v) is 9.26. The quantitative estimate of drug-likeness (QED) is 0.483. The van der Waals surface area contributed by atoms with E-state index in [2.05, 4.69) is 10.3 Å². The first kappa shape index (κ1) is 17.8. The number of ether oxygens (including phenoxy) is 1. The Balaban J connectivity index is 1.83. The molecule has 1 aliphatic heterocycles. The van der Waals surface area contributed by atoms with Gasteiger partial charge >= 0.3 is 0 Å². The van der Waals surface area contributed by atoms with Gasteiger partial charge in [-0.15, -0.1) is 0 Å². The van der Waals surface area contributed by atoms with Gasteiger partial charge in [0.25, 0.3) is 5.91 Å². The van der Waals surface area contributed by atoms with E-state index in [1.807, 2.05) is 0 Å². The Morgan fingerprint density at radius 1 is 1.37 bits per heavy atom. The zero-order valence-corrected chi connectivity index (χ0v) is 16.2. The normalized spacial score (nSPS) is 15.6. The highest BCUT2D eigenvalue weighted by Gasteiger charge is 2.23. The van der Waals surface area contributed by atoms with E-state index >= 15 is 0 Å². The second-order valence-electron chi connectivity index (χ2n) is 5.62. The van der Waals surface area contributed by atoms with Gasteiger partial charge in [0.2, 0.25) is 0 Å². The zero-order valence-electron chi connectivity index (χ0n) is 13.8. The molecule has 1 amide bonds. The molecule has 136 valence electrons. The molecule has 0 saturated carbocycles. The number of nitrogens with zero attached hydrogens (tertiary/aromatic N) is 1. The third-order valence-electron chi connectivity index (χ3n) is 3.92. The molecule has 3 aromatic rings. The number of fused-ring (bicyclic) bond motifs is 1. The van der Waals surface area contributed by atoms with Crippen LogP contribution in [0.15, 0.2) is 39.9 Å². The van der Waals surface area contributed by atoms with Gasteiger partial charge in [-0.1, -0.05) is 35.6 Å². The molecule has 3 heterocycles. The summed E-state index contributed by atoms with van der Waals surface area (Å²) in [5, 5.41) is 13.4. The van der Waals surface area contributed by atoms with Crippen molar-refractivity contribution in [2.24, 2.45) is 0 Å². The number of pyridine rings is 1. The average molecular weight is 419 g/mol. The van der Waals surface area contributed by atoms with Crippen LogP contribution in [0.1, 0.15) is 5.76 Å². The van der Waals surface area contributed by atoms with Crippen molar-refractivity contribution in [2.75, 3.05) is 7.11 Å². The number of carbonyl (C=O) groups excluding carboxylic acids is 1. The third kappa shape index (κ3) is 3.27. The van der Waals surface area contributed by atoms with E-state index < -0.39 is 0 Å². The number of aromatic nitrogens is 1. The Labute approximate surface area is 168 Å². The van der Waals surface area contributed by atoms with Crippen molar-refractivity contribution >= 4 is 62.9 Å². The minimum absolute atomic E-state index is 0.131. The third-order valence-corrected chi connectivity index (χ3v) is 5.37. The maximum absolute atomic E-state index is 11.8. The summed E-state index contributed by atoms with van der Waals surface area (Å²) in [6, 6.07) is 5.04. The van der Waals surface area contributed by atoms with Gasteiger partial charge in [-0.2, -0.15) is 0 Å². The SMILES string of the molecule is COc1cc(-c2cncc3cc(/C=C4/SC(=S)NC4=O)oc23)cc(Cl)c1O. The van der Waals surface area contributed by atoms with Crippen LogP contribution >= 0.6 is 35.6 Å². The molecule has 0 aliphatic carbocycles. The van der Waals surface area contributed by atoms with Crippen LogP contribution in [0, 0.1) is 0 Å². The fourth-order valence-corrected chi connectivity index (χ4v) is 3.93. The molecule has 1 fully saturated rings. The predicted molar refractivity (Wildman–Crippen MR) is 109 cm³/mol. The van der Waals surface area contributed by atoms with Crippen LogP contribution < -0.4 is 10.1 Å². The summed E-state index contributed by atoms with van der Waals surface area (Å²) >= 11 is 12.3. The fourth-order valence-electron chi connectivity index (χ4n) is 2.69. The molecule has 1 aromatic carbocycles. The Morgan fingerprint density at radius 3 is 2.89 bits per heavy atom. The summed E-state index contributed by atoms with van der Waals surface area (Å²) in [5.41, 5.74) is 1.93. The lowest BCUT2D eigenvalue weighted by Gasteiger charge is -2.09. The summed E-state index contributed by atoms with van der Waals surface area (Å²) in [6.07, 6.45) is 4.93. The molecular weight excluding hydrogens is 408 g/mol. The van der Waals surface area contributed by atoms with E-state index in [1.54, 1.807) is 36.7 Å². The Hall–Kier alpha value is -2.55. The number of phenols is 1. The number of carbonyl (C=O) groups is 1. The van der Waals surface area contributed by atoms with Crippen molar-refractivity contribution in [1.82, 2.24) is 10.3 Å². The van der Waals surface area contributed by atoms with Crippen LogP contribution in [0.3, 0.4) is 0 Å². The van der Waals surface area contributed by atoms with Gasteiger partial charge in [0, 0.05) is 29.4 Å². The summed E-state index contributed by atoms with van der Waals surface area (Å²) in [4.78, 5) is 16.5. The Bertz CT molecular complexity index is 1140. The summed E-state index contributed by atoms with van der Waals surface area (Å²) < 4.78 is 11.5. The van der Waals surface area contributed by atoms with E-state index in [9.17, 15) is 9.90 Å². The molecule has 0 bridgehead atoms. The molecule has 0 unspecified atom stereocenters. The molecule has 2 aromatic heterocycles. The van der Waals surface area contributed by atoms with Crippen LogP contribution in [-0.4, -0.2) is 27.4 Å². The number of hydrogen-bond acceptors (Lipinski definition) is 7. The van der Waals surface area contributed by atoms with Gasteiger partial charge in [0.05, 0.1) is 17.0 Å². The number of halogens is 1. The summed E-state index contributed by atoms with van der Waals surface area (Å²) in [5.74, 6) is 0.362. The van der Waals surface area contributed by atoms with E-state index in [0.29, 0.717) is 31.7 Å². The maximum atomic E-state index is 11.8. The smallest absolute Gasteiger partial charge is 0.263 e. The van der Waals surface area contributed by atoms with Crippen LogP contribution in [0.4, 0.5) is 0 Å². The first-order valence-electron chi connectivity index (χ1n) is 7.65. The van der Waals surface area contributed by atoms with Crippen molar-refractivity contribution in [3.8, 4) is 22.6 Å². The number of aromatic hydroxyl groups is 1. The second kappa shape index (κ2) is 6.88. The molecule has 6 nitrogen and oxygen atoms in total. The predicted octanol–water partition coefficient (Wildman–Crippen LogP) is 4.35. The number of methoxy groups -OCH3 is 1. The first-order chi connectivity index (χ1) is 13.0. The topological polar surface area (TPSA) is 84.6 Å². The van der Waals surface area contributed by atoms with Crippen molar-refractivity contribution in [3.63, 3.8) is 0 Å². The minimum Gasteiger partial charge on any atom is -0.503 e. The molecule has 27 heavy (non-hydrogen) atoms. The van der Waals surface area contributed by atoms with E-state index in [-0.39, 0.29) is 22.4 Å². The second-order valence-corrected chi connectivity index (χ2v) is 7.74. The van der Waals surface area contributed by atoms with E-state index in [4.69, 9.17) is 33.0 Å². The highest BCUT2D eigenvalue weighted by atomic mass is 35.5. The fraction of sp³-hybridized carbons (Fsp3) is 0.0556. The van der Waals surface area contributed by atoms with Crippen molar-refractivity contribution in [1.29, 1.82) is 0 Å². The number of nitrogens with one attached hydrogen (secondary N) is 1. The van der Waals surface area contributed by atoms with E-state index in [1.165, 1.54) is 18.9 Å². The van der Waals surface area contributed by atoms with E-state index in [0.717, 1.165) is 5.39 Å². The van der Waals surface area contributed by atoms with Crippen LogP contribution in [0.2, 0.25) is 5.02 Å². The lowest BCUT2D eigenvalue weighted by atomic mass is 10.1. The number of thioether (sulfide) groups is 1. The van der Waals surface area contributed by atoms with Crippen molar-refractivity contribution in [2.45, 2.75) is 0 Å². The number of furan rings is 1. The van der Waals surface area contributed by atoms with Crippen LogP contribution in [-0.2, 0) is 4.79 Å². The monoisotopic (exact) mass is 418 g/mol. The van der Waals surface area contributed by atoms with Crippen molar-refractivity contribution in [3.05, 3.63) is 46.3 Å². The van der Waals surface area contributed by atoms with Gasteiger partial charge in [-0.25, -0.2) is 0 Å². The van der Waals surface area contributed by atoms with Crippen molar-refractivity contribution < 1.29 is 19.1 Å². The number of benzene rings is 1. The Kier molecular flexibility index (Phi) is 4.55. The molecular formula is C18H11ClN2O4S2. The summed E-state index contributed by atoms with van der Waals surface area (Å²) in [7, 11) is 1.44. The molecule has 1 aliphatic rings. The average Bonchev–Trinajstić information content (AvgIpc) is 3.19. The molecule has 1 saturated heterocycles. The minimum atomic E-state index is -0.251. The zero-order chi connectivity index (χ0) is 19.1. The number of hydrogen-bond donors (Lipinski definition) is 2. The standard InChI is InChI=1S/C18H11ClN2O4S2/c1-24-13-4-8(3-12(19)15(13)22)11-7-20-6-9-2-10(25-16(9)11)5-14-17(23)21-18(26)27-14/h2-7,22H,1H3,(H,21,23,26)/b14-5+. The largest absolute Gasteiger partial charge is 0.503 e. The number of amides is 1. The van der Waals surface area contributed by atoms with Gasteiger partial charge in [-0.05, 0) is 23.8 Å². The Morgan fingerprint density at radius 2 is 2.19 bits per heavy atom. The lowest BCUT2D eigenvalue weighted by molar-refractivity contribution is -0.115. The van der Waals surface area contributed by atoms with Crippen LogP contribution in [0.25, 0.3) is 28.2 Å². The van der Waals surface area contributed by atoms with Gasteiger partial charge in [0.15, 0.2) is 11.5 Å². The molecule has 0 atom stereocenters. The van der Waals surface area contributed by atoms with Gasteiger partial charge in [0.1, 0.15) is 15.7 Å². The molecule has 9 heteroatoms. The van der Waals surface area contributed by atoms with Gasteiger partial charge in [-0.3, -0.25) is 9.78 Å². The molecule has 0 radical (unpaired) electrons. The lowest BCUT2D eigenvalue weighted by Crippen LogP contribution is -2.17.